The summed E-state index contributed by atoms with van der Waals surface area (Å²) in [6.45, 7) is -0.0688. The number of carbonyl (C=O) groups is 1. The van der Waals surface area contributed by atoms with Crippen LogP contribution in [0.5, 0.6) is 0 Å². The molecule has 1 heterocycles. The van der Waals surface area contributed by atoms with Crippen molar-refractivity contribution in [2.75, 3.05) is 0 Å². The molecule has 0 radical (unpaired) electrons. The predicted molar refractivity (Wildman–Crippen MR) is 81.4 cm³/mol. The molecule has 1 aromatic heterocycles. The standard InChI is InChI=1S/C16H13ClN2O2/c17-12-7-5-11(6-8-12)15(21)9-19-14-4-2-1-3-13(14)18-16(19)10-20/h1-8,20H,9-10H2. The second kappa shape index (κ2) is 5.68. The number of ketones is 1. The maximum atomic E-state index is 12.4. The lowest BCUT2D eigenvalue weighted by Crippen LogP contribution is -2.13. The lowest BCUT2D eigenvalue weighted by molar-refractivity contribution is 0.0970. The Kier molecular flexibility index (Phi) is 3.73. The summed E-state index contributed by atoms with van der Waals surface area (Å²) in [4.78, 5) is 16.7. The van der Waals surface area contributed by atoms with Gasteiger partial charge in [0.25, 0.3) is 0 Å². The average molecular weight is 301 g/mol. The number of para-hydroxylation sites is 2. The highest BCUT2D eigenvalue weighted by atomic mass is 35.5. The van der Waals surface area contributed by atoms with Crippen LogP contribution in [0.3, 0.4) is 0 Å². The Labute approximate surface area is 126 Å². The third-order valence-electron chi connectivity index (χ3n) is 3.34. The lowest BCUT2D eigenvalue weighted by atomic mass is 10.1. The van der Waals surface area contributed by atoms with Gasteiger partial charge in [0, 0.05) is 10.6 Å². The van der Waals surface area contributed by atoms with Crippen molar-refractivity contribution in [1.29, 1.82) is 0 Å². The molecule has 0 aliphatic heterocycles. The first-order valence-electron chi connectivity index (χ1n) is 6.53. The fourth-order valence-corrected chi connectivity index (χ4v) is 2.42. The van der Waals surface area contributed by atoms with Crippen molar-refractivity contribution in [3.05, 3.63) is 64.9 Å². The van der Waals surface area contributed by atoms with Crippen LogP contribution in [0.1, 0.15) is 16.2 Å². The number of hydrogen-bond acceptors (Lipinski definition) is 3. The van der Waals surface area contributed by atoms with Gasteiger partial charge in [0.2, 0.25) is 0 Å². The van der Waals surface area contributed by atoms with Gasteiger partial charge in [-0.2, -0.15) is 0 Å². The molecular weight excluding hydrogens is 288 g/mol. The third kappa shape index (κ3) is 2.68. The summed E-state index contributed by atoms with van der Waals surface area (Å²) >= 11 is 5.83. The fraction of sp³-hybridized carbons (Fsp3) is 0.125. The molecule has 5 heteroatoms. The van der Waals surface area contributed by atoms with Gasteiger partial charge in [-0.15, -0.1) is 0 Å². The van der Waals surface area contributed by atoms with Crippen molar-refractivity contribution >= 4 is 28.4 Å². The molecular formula is C16H13ClN2O2. The molecule has 3 rings (SSSR count). The van der Waals surface area contributed by atoms with Gasteiger partial charge in [-0.25, -0.2) is 4.98 Å². The number of fused-ring (bicyclic) bond motifs is 1. The number of aromatic nitrogens is 2. The maximum Gasteiger partial charge on any atom is 0.182 e. The summed E-state index contributed by atoms with van der Waals surface area (Å²) in [5.74, 6) is 0.433. The predicted octanol–water partition coefficient (Wildman–Crippen LogP) is 3.06. The van der Waals surface area contributed by atoms with E-state index >= 15 is 0 Å². The molecule has 0 spiro atoms. The van der Waals surface area contributed by atoms with E-state index in [2.05, 4.69) is 4.98 Å². The van der Waals surface area contributed by atoms with Crippen molar-refractivity contribution in [3.63, 3.8) is 0 Å². The molecule has 0 fully saturated rings. The van der Waals surface area contributed by atoms with Gasteiger partial charge in [0.15, 0.2) is 5.78 Å². The van der Waals surface area contributed by atoms with Crippen LogP contribution in [-0.4, -0.2) is 20.4 Å². The molecule has 0 amide bonds. The highest BCUT2D eigenvalue weighted by molar-refractivity contribution is 6.30. The normalized spacial score (nSPS) is 11.0. The first-order valence-corrected chi connectivity index (χ1v) is 6.90. The summed E-state index contributed by atoms with van der Waals surface area (Å²) in [5, 5.41) is 10.0. The third-order valence-corrected chi connectivity index (χ3v) is 3.59. The number of rotatable bonds is 4. The van der Waals surface area contributed by atoms with Crippen LogP contribution in [0.4, 0.5) is 0 Å². The second-order valence-corrected chi connectivity index (χ2v) is 5.13. The smallest absolute Gasteiger partial charge is 0.182 e. The SMILES string of the molecule is O=C(Cn1c(CO)nc2ccccc21)c1ccc(Cl)cc1. The van der Waals surface area contributed by atoms with E-state index in [0.29, 0.717) is 16.4 Å². The molecule has 0 aliphatic carbocycles. The van der Waals surface area contributed by atoms with Crippen molar-refractivity contribution in [3.8, 4) is 0 Å². The number of carbonyl (C=O) groups excluding carboxylic acids is 1. The average Bonchev–Trinajstić information content (AvgIpc) is 2.86. The highest BCUT2D eigenvalue weighted by Crippen LogP contribution is 2.17. The van der Waals surface area contributed by atoms with Gasteiger partial charge in [-0.05, 0) is 36.4 Å². The van der Waals surface area contributed by atoms with Gasteiger partial charge < -0.3 is 9.67 Å². The Hall–Kier alpha value is -2.17. The zero-order valence-electron chi connectivity index (χ0n) is 11.2. The maximum absolute atomic E-state index is 12.4. The van der Waals surface area contributed by atoms with E-state index in [1.54, 1.807) is 28.8 Å². The van der Waals surface area contributed by atoms with Gasteiger partial charge in [-0.1, -0.05) is 23.7 Å². The van der Waals surface area contributed by atoms with Crippen LogP contribution in [0, 0.1) is 0 Å². The minimum absolute atomic E-state index is 0.0514. The number of aliphatic hydroxyl groups is 1. The van der Waals surface area contributed by atoms with Gasteiger partial charge in [0.05, 0.1) is 17.6 Å². The number of Topliss-reactive ketones (excluding diaryl/α,β-unsaturated/α-hetero) is 1. The first-order chi connectivity index (χ1) is 10.2. The summed E-state index contributed by atoms with van der Waals surface area (Å²) in [5.41, 5.74) is 2.19. The van der Waals surface area contributed by atoms with Crippen LogP contribution in [0.15, 0.2) is 48.5 Å². The van der Waals surface area contributed by atoms with Crippen LogP contribution in [-0.2, 0) is 13.2 Å². The molecule has 2 aromatic carbocycles. The summed E-state index contributed by atoms with van der Waals surface area (Å²) in [6, 6.07) is 14.3. The summed E-state index contributed by atoms with van der Waals surface area (Å²) < 4.78 is 1.74. The number of benzene rings is 2. The lowest BCUT2D eigenvalue weighted by Gasteiger charge is -2.07. The van der Waals surface area contributed by atoms with Crippen LogP contribution in [0.2, 0.25) is 5.02 Å². The number of hydrogen-bond donors (Lipinski definition) is 1. The molecule has 21 heavy (non-hydrogen) atoms. The fourth-order valence-electron chi connectivity index (χ4n) is 2.29. The van der Waals surface area contributed by atoms with E-state index in [9.17, 15) is 9.90 Å². The molecule has 1 N–H and O–H groups in total. The zero-order valence-corrected chi connectivity index (χ0v) is 11.9. The number of nitrogens with zero attached hydrogens (tertiary/aromatic N) is 2. The first kappa shape index (κ1) is 13.8. The van der Waals surface area contributed by atoms with Gasteiger partial charge in [0.1, 0.15) is 12.4 Å². The second-order valence-electron chi connectivity index (χ2n) is 4.69. The molecule has 106 valence electrons. The van der Waals surface area contributed by atoms with E-state index in [1.165, 1.54) is 0 Å². The summed E-state index contributed by atoms with van der Waals surface area (Å²) in [7, 11) is 0. The Morgan fingerprint density at radius 1 is 1.14 bits per heavy atom. The van der Waals surface area contributed by atoms with Crippen LogP contribution >= 0.6 is 11.6 Å². The van der Waals surface area contributed by atoms with E-state index < -0.39 is 0 Å². The van der Waals surface area contributed by atoms with E-state index in [0.717, 1.165) is 11.0 Å². The Morgan fingerprint density at radius 2 is 1.86 bits per heavy atom. The van der Waals surface area contributed by atoms with E-state index in [4.69, 9.17) is 11.6 Å². The van der Waals surface area contributed by atoms with Crippen molar-refractivity contribution < 1.29 is 9.90 Å². The molecule has 4 nitrogen and oxygen atoms in total. The van der Waals surface area contributed by atoms with Gasteiger partial charge >= 0.3 is 0 Å². The monoisotopic (exact) mass is 300 g/mol. The largest absolute Gasteiger partial charge is 0.388 e. The molecule has 0 saturated carbocycles. The van der Waals surface area contributed by atoms with Crippen LogP contribution < -0.4 is 0 Å². The molecule has 0 bridgehead atoms. The number of imidazole rings is 1. The van der Waals surface area contributed by atoms with Crippen LogP contribution in [0.25, 0.3) is 11.0 Å². The van der Waals surface area contributed by atoms with E-state index in [-0.39, 0.29) is 18.9 Å². The molecule has 0 atom stereocenters. The summed E-state index contributed by atoms with van der Waals surface area (Å²) in [6.07, 6.45) is 0. The Bertz CT molecular complexity index is 794. The molecule has 0 unspecified atom stereocenters. The topological polar surface area (TPSA) is 55.1 Å². The quantitative estimate of drug-likeness (QED) is 0.753. The van der Waals surface area contributed by atoms with Crippen molar-refractivity contribution in [2.24, 2.45) is 0 Å². The van der Waals surface area contributed by atoms with Crippen molar-refractivity contribution in [2.45, 2.75) is 13.2 Å². The zero-order chi connectivity index (χ0) is 14.8. The minimum atomic E-state index is -0.206. The molecule has 3 aromatic rings. The number of aliphatic hydroxyl groups excluding tert-OH is 1. The van der Waals surface area contributed by atoms with E-state index in [1.807, 2.05) is 24.3 Å². The Morgan fingerprint density at radius 3 is 2.57 bits per heavy atom. The Balaban J connectivity index is 1.97. The van der Waals surface area contributed by atoms with Gasteiger partial charge in [-0.3, -0.25) is 4.79 Å². The molecule has 0 saturated heterocycles. The molecule has 0 aliphatic rings. The van der Waals surface area contributed by atoms with Crippen molar-refractivity contribution in [1.82, 2.24) is 9.55 Å². The number of halogens is 1. The highest BCUT2D eigenvalue weighted by Gasteiger charge is 2.14. The minimum Gasteiger partial charge on any atom is -0.388 e.